The zero-order valence-corrected chi connectivity index (χ0v) is 8.00. The molecule has 0 amide bonds. The summed E-state index contributed by atoms with van der Waals surface area (Å²) in [6.45, 7) is 0. The number of hydrogen-bond acceptors (Lipinski definition) is 1. The van der Waals surface area contributed by atoms with Gasteiger partial charge in [-0.15, -0.1) is 0 Å². The van der Waals surface area contributed by atoms with Crippen molar-refractivity contribution in [3.63, 3.8) is 0 Å². The van der Waals surface area contributed by atoms with E-state index in [9.17, 15) is 4.79 Å². The molecule has 1 N–H and O–H groups in total. The second-order valence-corrected chi connectivity index (χ2v) is 3.13. The van der Waals surface area contributed by atoms with Crippen molar-refractivity contribution < 1.29 is 14.5 Å². The average molecular weight is 200 g/mol. The molecule has 0 aliphatic rings. The SMILES string of the molecule is O=C(O)/C=C/[n+]1cccc2ccccc21. The average Bonchev–Trinajstić information content (AvgIpc) is 2.26. The lowest BCUT2D eigenvalue weighted by molar-refractivity contribution is -0.538. The normalized spacial score (nSPS) is 10.9. The Kier molecular flexibility index (Phi) is 2.46. The van der Waals surface area contributed by atoms with E-state index in [1.54, 1.807) is 4.57 Å². The van der Waals surface area contributed by atoms with Gasteiger partial charge in [-0.25, -0.2) is 4.79 Å². The summed E-state index contributed by atoms with van der Waals surface area (Å²) in [5, 5.41) is 9.63. The summed E-state index contributed by atoms with van der Waals surface area (Å²) in [4.78, 5) is 10.4. The van der Waals surface area contributed by atoms with Gasteiger partial charge in [0.25, 0.3) is 0 Å². The summed E-state index contributed by atoms with van der Waals surface area (Å²) in [5.41, 5.74) is 0.984. The highest BCUT2D eigenvalue weighted by atomic mass is 16.4. The van der Waals surface area contributed by atoms with Crippen LogP contribution in [0.2, 0.25) is 0 Å². The van der Waals surface area contributed by atoms with Gasteiger partial charge in [-0.3, -0.25) is 0 Å². The number of aliphatic carboxylic acids is 1. The third-order valence-electron chi connectivity index (χ3n) is 2.12. The molecule has 0 spiro atoms. The summed E-state index contributed by atoms with van der Waals surface area (Å²) < 4.78 is 1.78. The highest BCUT2D eigenvalue weighted by Gasteiger charge is 2.03. The molecule has 0 saturated carbocycles. The Labute approximate surface area is 86.9 Å². The fourth-order valence-corrected chi connectivity index (χ4v) is 1.46. The predicted molar refractivity (Wildman–Crippen MR) is 57.1 cm³/mol. The molecular formula is C12H10NO2+. The zero-order valence-electron chi connectivity index (χ0n) is 8.00. The Morgan fingerprint density at radius 1 is 1.20 bits per heavy atom. The van der Waals surface area contributed by atoms with E-state index in [0.717, 1.165) is 17.0 Å². The molecule has 0 radical (unpaired) electrons. The van der Waals surface area contributed by atoms with Gasteiger partial charge in [0.05, 0.1) is 6.08 Å². The molecule has 2 rings (SSSR count). The van der Waals surface area contributed by atoms with Crippen LogP contribution >= 0.6 is 0 Å². The van der Waals surface area contributed by atoms with Crippen LogP contribution in [0.1, 0.15) is 0 Å². The first-order valence-corrected chi connectivity index (χ1v) is 4.57. The highest BCUT2D eigenvalue weighted by molar-refractivity contribution is 5.82. The van der Waals surface area contributed by atoms with Crippen molar-refractivity contribution in [3.8, 4) is 0 Å². The van der Waals surface area contributed by atoms with Crippen LogP contribution in [-0.2, 0) is 4.79 Å². The van der Waals surface area contributed by atoms with E-state index >= 15 is 0 Å². The molecule has 0 aliphatic carbocycles. The quantitative estimate of drug-likeness (QED) is 0.592. The molecule has 1 heterocycles. The number of carboxylic acids is 1. The lowest BCUT2D eigenvalue weighted by Crippen LogP contribution is -2.26. The van der Waals surface area contributed by atoms with Crippen LogP contribution in [0.15, 0.2) is 48.7 Å². The van der Waals surface area contributed by atoms with Gasteiger partial charge in [-0.1, -0.05) is 12.1 Å². The minimum Gasteiger partial charge on any atom is -0.478 e. The maximum Gasteiger partial charge on any atom is 0.334 e. The minimum atomic E-state index is -0.949. The maximum absolute atomic E-state index is 10.4. The Morgan fingerprint density at radius 2 is 1.93 bits per heavy atom. The number of aromatic nitrogens is 1. The number of carboxylic acid groups (broad SMARTS) is 1. The molecule has 0 fully saturated rings. The Balaban J connectivity index is 2.56. The molecule has 15 heavy (non-hydrogen) atoms. The minimum absolute atomic E-state index is 0.949. The van der Waals surface area contributed by atoms with E-state index < -0.39 is 5.97 Å². The fourth-order valence-electron chi connectivity index (χ4n) is 1.46. The van der Waals surface area contributed by atoms with Crippen molar-refractivity contribution in [3.05, 3.63) is 48.7 Å². The molecule has 1 aromatic heterocycles. The summed E-state index contributed by atoms with van der Waals surface area (Å²) in [7, 11) is 0. The largest absolute Gasteiger partial charge is 0.478 e. The third kappa shape index (κ3) is 2.02. The predicted octanol–water partition coefficient (Wildman–Crippen LogP) is 1.68. The second kappa shape index (κ2) is 3.92. The van der Waals surface area contributed by atoms with Crippen LogP contribution in [0.25, 0.3) is 17.1 Å². The van der Waals surface area contributed by atoms with Crippen molar-refractivity contribution in [1.29, 1.82) is 0 Å². The molecule has 0 atom stereocenters. The number of nitrogens with zero attached hydrogens (tertiary/aromatic N) is 1. The number of pyridine rings is 1. The first-order valence-electron chi connectivity index (χ1n) is 4.57. The zero-order chi connectivity index (χ0) is 10.7. The Morgan fingerprint density at radius 3 is 2.73 bits per heavy atom. The van der Waals surface area contributed by atoms with Gasteiger partial charge in [0.1, 0.15) is 0 Å². The van der Waals surface area contributed by atoms with Gasteiger partial charge in [0.2, 0.25) is 5.52 Å². The van der Waals surface area contributed by atoms with Gasteiger partial charge in [0, 0.05) is 17.5 Å². The van der Waals surface area contributed by atoms with Crippen LogP contribution in [-0.4, -0.2) is 11.1 Å². The number of carbonyl (C=O) groups is 1. The van der Waals surface area contributed by atoms with E-state index in [0.29, 0.717) is 0 Å². The molecule has 74 valence electrons. The summed E-state index contributed by atoms with van der Waals surface area (Å²) in [6, 6.07) is 11.7. The van der Waals surface area contributed by atoms with Crippen molar-refractivity contribution >= 4 is 23.1 Å². The van der Waals surface area contributed by atoms with Gasteiger partial charge in [-0.05, 0) is 12.1 Å². The van der Waals surface area contributed by atoms with E-state index in [4.69, 9.17) is 5.11 Å². The summed E-state index contributed by atoms with van der Waals surface area (Å²) >= 11 is 0. The lowest BCUT2D eigenvalue weighted by atomic mass is 10.2. The number of hydrogen-bond donors (Lipinski definition) is 1. The number of fused-ring (bicyclic) bond motifs is 1. The molecule has 1 aromatic carbocycles. The van der Waals surface area contributed by atoms with Crippen LogP contribution in [0, 0.1) is 0 Å². The molecule has 0 unspecified atom stereocenters. The lowest BCUT2D eigenvalue weighted by Gasteiger charge is -1.94. The molecular weight excluding hydrogens is 190 g/mol. The second-order valence-electron chi connectivity index (χ2n) is 3.13. The van der Waals surface area contributed by atoms with Gasteiger partial charge in [-0.2, -0.15) is 4.57 Å². The van der Waals surface area contributed by atoms with Crippen LogP contribution < -0.4 is 4.57 Å². The molecule has 2 aromatic rings. The van der Waals surface area contributed by atoms with E-state index in [1.807, 2.05) is 42.6 Å². The maximum atomic E-state index is 10.4. The number of benzene rings is 1. The third-order valence-corrected chi connectivity index (χ3v) is 2.12. The Bertz CT molecular complexity index is 527. The standard InChI is InChI=1S/C12H9NO2/c14-12(15)7-9-13-8-3-5-10-4-1-2-6-11(10)13/h1-9H/p+1/b9-7+. The van der Waals surface area contributed by atoms with Gasteiger partial charge >= 0.3 is 5.97 Å². The highest BCUT2D eigenvalue weighted by Crippen LogP contribution is 2.07. The number of rotatable bonds is 2. The van der Waals surface area contributed by atoms with E-state index in [1.165, 1.54) is 6.20 Å². The van der Waals surface area contributed by atoms with E-state index in [2.05, 4.69) is 0 Å². The first kappa shape index (κ1) is 9.40. The molecule has 3 heteroatoms. The molecule has 0 aliphatic heterocycles. The van der Waals surface area contributed by atoms with Crippen LogP contribution in [0.3, 0.4) is 0 Å². The topological polar surface area (TPSA) is 41.2 Å². The smallest absolute Gasteiger partial charge is 0.334 e. The summed E-state index contributed by atoms with van der Waals surface area (Å²) in [6.07, 6.45) is 4.47. The van der Waals surface area contributed by atoms with Crippen LogP contribution in [0.5, 0.6) is 0 Å². The summed E-state index contributed by atoms with van der Waals surface area (Å²) in [5.74, 6) is -0.949. The van der Waals surface area contributed by atoms with Crippen molar-refractivity contribution in [2.24, 2.45) is 0 Å². The monoisotopic (exact) mass is 200 g/mol. The molecule has 0 saturated heterocycles. The van der Waals surface area contributed by atoms with Crippen LogP contribution in [0.4, 0.5) is 0 Å². The Hall–Kier alpha value is -2.16. The van der Waals surface area contributed by atoms with Gasteiger partial charge < -0.3 is 5.11 Å². The molecule has 0 bridgehead atoms. The van der Waals surface area contributed by atoms with Crippen molar-refractivity contribution in [2.45, 2.75) is 0 Å². The van der Waals surface area contributed by atoms with E-state index in [-0.39, 0.29) is 0 Å². The van der Waals surface area contributed by atoms with Gasteiger partial charge in [0.15, 0.2) is 12.4 Å². The fraction of sp³-hybridized carbons (Fsp3) is 0. The number of para-hydroxylation sites is 1. The van der Waals surface area contributed by atoms with Crippen molar-refractivity contribution in [1.82, 2.24) is 0 Å². The molecule has 3 nitrogen and oxygen atoms in total. The first-order chi connectivity index (χ1) is 7.27. The van der Waals surface area contributed by atoms with Crippen molar-refractivity contribution in [2.75, 3.05) is 0 Å².